The van der Waals surface area contributed by atoms with E-state index in [9.17, 15) is 4.79 Å². The first kappa shape index (κ1) is 15.4. The van der Waals surface area contributed by atoms with Gasteiger partial charge in [-0.1, -0.05) is 29.8 Å². The smallest absolute Gasteiger partial charge is 0.250 e. The Morgan fingerprint density at radius 2 is 1.86 bits per heavy atom. The van der Waals surface area contributed by atoms with E-state index in [2.05, 4.69) is 10.6 Å². The number of rotatable bonds is 5. The number of hydrogen-bond acceptors (Lipinski definition) is 3. The van der Waals surface area contributed by atoms with Crippen molar-refractivity contribution in [1.29, 1.82) is 0 Å². The highest BCUT2D eigenvalue weighted by Gasteiger charge is 2.06. The zero-order valence-corrected chi connectivity index (χ0v) is 12.4. The minimum Gasteiger partial charge on any atom is -0.387 e. The van der Waals surface area contributed by atoms with E-state index in [1.807, 2.05) is 49.4 Å². The Balaban J connectivity index is 2.06. The van der Waals surface area contributed by atoms with Gasteiger partial charge in [0.15, 0.2) is 0 Å². The fourth-order valence-corrected chi connectivity index (χ4v) is 2.10. The van der Waals surface area contributed by atoms with E-state index >= 15 is 0 Å². The predicted molar refractivity (Wildman–Crippen MR) is 85.6 cm³/mol. The number of hydrogen-bond donors (Lipinski definition) is 3. The number of aliphatic hydroxyl groups is 1. The standard InChI is InChI=1S/C16H17ClN2O2/c1-11(12-5-7-13(17)8-6-12)18-14-3-2-4-15(9-14)19-16(21)10-20/h2-9,11,18,20H,10H2,1H3,(H,19,21). The fourth-order valence-electron chi connectivity index (χ4n) is 1.97. The van der Waals surface area contributed by atoms with Crippen LogP contribution in [0.1, 0.15) is 18.5 Å². The molecule has 1 amide bonds. The molecule has 21 heavy (non-hydrogen) atoms. The molecule has 1 atom stereocenters. The Hall–Kier alpha value is -2.04. The molecular weight excluding hydrogens is 288 g/mol. The number of halogens is 1. The number of amides is 1. The lowest BCUT2D eigenvalue weighted by Crippen LogP contribution is -2.15. The first-order valence-electron chi connectivity index (χ1n) is 6.61. The Kier molecular flexibility index (Phi) is 5.20. The minimum atomic E-state index is -0.529. The number of carbonyl (C=O) groups excluding carboxylic acids is 1. The van der Waals surface area contributed by atoms with Gasteiger partial charge in [-0.2, -0.15) is 0 Å². The molecule has 0 radical (unpaired) electrons. The molecule has 5 heteroatoms. The number of nitrogens with one attached hydrogen (secondary N) is 2. The minimum absolute atomic E-state index is 0.103. The molecule has 2 aromatic rings. The van der Waals surface area contributed by atoms with Gasteiger partial charge in [0.2, 0.25) is 5.91 Å². The van der Waals surface area contributed by atoms with Crippen LogP contribution in [0.4, 0.5) is 11.4 Å². The van der Waals surface area contributed by atoms with Crippen molar-refractivity contribution in [2.75, 3.05) is 17.2 Å². The molecule has 0 aliphatic heterocycles. The Morgan fingerprint density at radius 1 is 1.19 bits per heavy atom. The summed E-state index contributed by atoms with van der Waals surface area (Å²) in [5.41, 5.74) is 2.64. The number of aliphatic hydroxyl groups excluding tert-OH is 1. The van der Waals surface area contributed by atoms with Gasteiger partial charge < -0.3 is 15.7 Å². The summed E-state index contributed by atoms with van der Waals surface area (Å²) in [6.45, 7) is 1.51. The molecule has 110 valence electrons. The van der Waals surface area contributed by atoms with Crippen LogP contribution in [0.5, 0.6) is 0 Å². The van der Waals surface area contributed by atoms with Crippen LogP contribution in [0.15, 0.2) is 48.5 Å². The molecule has 0 spiro atoms. The lowest BCUT2D eigenvalue weighted by atomic mass is 10.1. The van der Waals surface area contributed by atoms with Gasteiger partial charge in [0, 0.05) is 22.4 Å². The van der Waals surface area contributed by atoms with E-state index in [0.29, 0.717) is 10.7 Å². The highest BCUT2D eigenvalue weighted by atomic mass is 35.5. The Morgan fingerprint density at radius 3 is 2.52 bits per heavy atom. The largest absolute Gasteiger partial charge is 0.387 e. The molecule has 0 aliphatic rings. The summed E-state index contributed by atoms with van der Waals surface area (Å²) >= 11 is 5.88. The third-order valence-corrected chi connectivity index (χ3v) is 3.30. The van der Waals surface area contributed by atoms with E-state index in [1.165, 1.54) is 0 Å². The zero-order valence-electron chi connectivity index (χ0n) is 11.6. The molecule has 2 rings (SSSR count). The van der Waals surface area contributed by atoms with Crippen LogP contribution in [0.3, 0.4) is 0 Å². The lowest BCUT2D eigenvalue weighted by Gasteiger charge is -2.16. The summed E-state index contributed by atoms with van der Waals surface area (Å²) in [5.74, 6) is -0.433. The SMILES string of the molecule is CC(Nc1cccc(NC(=O)CO)c1)c1ccc(Cl)cc1. The van der Waals surface area contributed by atoms with Gasteiger partial charge in [0.1, 0.15) is 6.61 Å². The molecule has 0 bridgehead atoms. The highest BCUT2D eigenvalue weighted by Crippen LogP contribution is 2.22. The van der Waals surface area contributed by atoms with Crippen LogP contribution in [0.2, 0.25) is 5.02 Å². The maximum absolute atomic E-state index is 11.2. The second-order valence-electron chi connectivity index (χ2n) is 4.70. The van der Waals surface area contributed by atoms with E-state index in [1.54, 1.807) is 6.07 Å². The van der Waals surface area contributed by atoms with E-state index in [0.717, 1.165) is 11.3 Å². The van der Waals surface area contributed by atoms with E-state index in [4.69, 9.17) is 16.7 Å². The number of benzene rings is 2. The van der Waals surface area contributed by atoms with Crippen LogP contribution in [0, 0.1) is 0 Å². The van der Waals surface area contributed by atoms with Gasteiger partial charge >= 0.3 is 0 Å². The molecular formula is C16H17ClN2O2. The van der Waals surface area contributed by atoms with Crippen LogP contribution in [-0.2, 0) is 4.79 Å². The van der Waals surface area contributed by atoms with E-state index in [-0.39, 0.29) is 6.04 Å². The van der Waals surface area contributed by atoms with Crippen molar-refractivity contribution in [3.63, 3.8) is 0 Å². The van der Waals surface area contributed by atoms with Crippen molar-refractivity contribution in [1.82, 2.24) is 0 Å². The van der Waals surface area contributed by atoms with Crippen molar-refractivity contribution >= 4 is 28.9 Å². The normalized spacial score (nSPS) is 11.8. The maximum Gasteiger partial charge on any atom is 0.250 e. The number of carbonyl (C=O) groups is 1. The summed E-state index contributed by atoms with van der Waals surface area (Å²) in [7, 11) is 0. The zero-order chi connectivity index (χ0) is 15.2. The summed E-state index contributed by atoms with van der Waals surface area (Å²) in [4.78, 5) is 11.2. The monoisotopic (exact) mass is 304 g/mol. The predicted octanol–water partition coefficient (Wildman–Crippen LogP) is 3.44. The summed E-state index contributed by atoms with van der Waals surface area (Å²) in [6, 6.07) is 15.1. The van der Waals surface area contributed by atoms with Crippen LogP contribution < -0.4 is 10.6 Å². The summed E-state index contributed by atoms with van der Waals surface area (Å²) in [5, 5.41) is 15.4. The average molecular weight is 305 g/mol. The van der Waals surface area contributed by atoms with Gasteiger partial charge in [0.25, 0.3) is 0 Å². The van der Waals surface area contributed by atoms with Gasteiger partial charge in [-0.3, -0.25) is 4.79 Å². The van der Waals surface area contributed by atoms with E-state index < -0.39 is 12.5 Å². The molecule has 4 nitrogen and oxygen atoms in total. The highest BCUT2D eigenvalue weighted by molar-refractivity contribution is 6.30. The van der Waals surface area contributed by atoms with Crippen molar-refractivity contribution in [2.45, 2.75) is 13.0 Å². The molecule has 3 N–H and O–H groups in total. The Labute approximate surface area is 128 Å². The van der Waals surface area contributed by atoms with Crippen molar-refractivity contribution in [2.24, 2.45) is 0 Å². The van der Waals surface area contributed by atoms with Crippen LogP contribution in [-0.4, -0.2) is 17.6 Å². The van der Waals surface area contributed by atoms with Crippen LogP contribution in [0.25, 0.3) is 0 Å². The quantitative estimate of drug-likeness (QED) is 0.793. The molecule has 0 saturated heterocycles. The van der Waals surface area contributed by atoms with Gasteiger partial charge in [0.05, 0.1) is 0 Å². The van der Waals surface area contributed by atoms with Gasteiger partial charge in [-0.05, 0) is 42.8 Å². The molecule has 1 unspecified atom stereocenters. The number of anilines is 2. The molecule has 0 aromatic heterocycles. The van der Waals surface area contributed by atoms with Crippen molar-refractivity contribution < 1.29 is 9.90 Å². The van der Waals surface area contributed by atoms with Crippen molar-refractivity contribution in [3.05, 3.63) is 59.1 Å². The first-order valence-corrected chi connectivity index (χ1v) is 6.99. The third kappa shape index (κ3) is 4.48. The first-order chi connectivity index (χ1) is 10.1. The molecule has 0 heterocycles. The second kappa shape index (κ2) is 7.11. The molecule has 0 saturated carbocycles. The van der Waals surface area contributed by atoms with Gasteiger partial charge in [-0.25, -0.2) is 0 Å². The Bertz CT molecular complexity index is 614. The average Bonchev–Trinajstić information content (AvgIpc) is 2.48. The maximum atomic E-state index is 11.2. The topological polar surface area (TPSA) is 61.4 Å². The van der Waals surface area contributed by atoms with Gasteiger partial charge in [-0.15, -0.1) is 0 Å². The van der Waals surface area contributed by atoms with Crippen LogP contribution >= 0.6 is 11.6 Å². The third-order valence-electron chi connectivity index (χ3n) is 3.04. The van der Waals surface area contributed by atoms with Crippen molar-refractivity contribution in [3.8, 4) is 0 Å². The summed E-state index contributed by atoms with van der Waals surface area (Å²) in [6.07, 6.45) is 0. The summed E-state index contributed by atoms with van der Waals surface area (Å²) < 4.78 is 0. The lowest BCUT2D eigenvalue weighted by molar-refractivity contribution is -0.118. The molecule has 0 aliphatic carbocycles. The molecule has 2 aromatic carbocycles. The molecule has 0 fully saturated rings. The second-order valence-corrected chi connectivity index (χ2v) is 5.14. The fraction of sp³-hybridized carbons (Fsp3) is 0.188.